The molecule has 9 heteroatoms. The van der Waals surface area contributed by atoms with Crippen molar-refractivity contribution in [3.8, 4) is 0 Å². The number of nitrogens with one attached hydrogen (secondary N) is 1. The highest BCUT2D eigenvalue weighted by Gasteiger charge is 2.27. The Bertz CT molecular complexity index is 981. The number of rotatable bonds is 5. The number of benzene rings is 2. The summed E-state index contributed by atoms with van der Waals surface area (Å²) in [7, 11) is -3.54. The van der Waals surface area contributed by atoms with E-state index in [-0.39, 0.29) is 16.1 Å². The fourth-order valence-corrected chi connectivity index (χ4v) is 4.52. The first kappa shape index (κ1) is 19.0. The van der Waals surface area contributed by atoms with Crippen LogP contribution in [-0.2, 0) is 10.0 Å². The van der Waals surface area contributed by atoms with Crippen molar-refractivity contribution in [1.82, 2.24) is 4.31 Å². The molecule has 0 unspecified atom stereocenters. The van der Waals surface area contributed by atoms with Gasteiger partial charge in [0.2, 0.25) is 10.0 Å². The smallest absolute Gasteiger partial charge is 0.274 e. The van der Waals surface area contributed by atoms with E-state index in [2.05, 4.69) is 5.32 Å². The number of hydrogen-bond donors (Lipinski definition) is 1. The van der Waals surface area contributed by atoms with E-state index >= 15 is 0 Å². The first-order chi connectivity index (χ1) is 12.8. The third kappa shape index (κ3) is 3.83. The van der Waals surface area contributed by atoms with Crippen LogP contribution < -0.4 is 5.32 Å². The van der Waals surface area contributed by atoms with E-state index in [0.29, 0.717) is 24.3 Å². The largest absolute Gasteiger partial charge is 0.321 e. The highest BCUT2D eigenvalue weighted by molar-refractivity contribution is 7.89. The van der Waals surface area contributed by atoms with Gasteiger partial charge < -0.3 is 5.32 Å². The molecule has 1 N–H and O–H groups in total. The van der Waals surface area contributed by atoms with Gasteiger partial charge in [0.25, 0.3) is 11.6 Å². The fraction of sp³-hybridized carbons (Fsp3) is 0.278. The fourth-order valence-electron chi connectivity index (χ4n) is 3.01. The SMILES string of the molecule is Cc1c(NC(=O)c2ccc(S(=O)(=O)N3CCCC3)cc2)cccc1[N+](=O)[O-]. The van der Waals surface area contributed by atoms with Gasteiger partial charge in [-0.25, -0.2) is 8.42 Å². The maximum Gasteiger partial charge on any atom is 0.274 e. The van der Waals surface area contributed by atoms with Crippen LogP contribution in [0.25, 0.3) is 0 Å². The summed E-state index contributed by atoms with van der Waals surface area (Å²) in [5, 5.41) is 13.6. The molecule has 1 saturated heterocycles. The van der Waals surface area contributed by atoms with Crippen LogP contribution in [0.2, 0.25) is 0 Å². The van der Waals surface area contributed by atoms with Crippen molar-refractivity contribution < 1.29 is 18.1 Å². The molecule has 1 amide bonds. The number of carbonyl (C=O) groups excluding carboxylic acids is 1. The zero-order valence-corrected chi connectivity index (χ0v) is 15.5. The monoisotopic (exact) mass is 389 g/mol. The highest BCUT2D eigenvalue weighted by Crippen LogP contribution is 2.26. The lowest BCUT2D eigenvalue weighted by Crippen LogP contribution is -2.27. The van der Waals surface area contributed by atoms with E-state index in [1.165, 1.54) is 40.7 Å². The lowest BCUT2D eigenvalue weighted by molar-refractivity contribution is -0.385. The number of nitro benzene ring substituents is 1. The molecule has 0 spiro atoms. The van der Waals surface area contributed by atoms with Crippen LogP contribution in [0.5, 0.6) is 0 Å². The quantitative estimate of drug-likeness (QED) is 0.624. The second-order valence-electron chi connectivity index (χ2n) is 6.30. The molecule has 0 saturated carbocycles. The molecular weight excluding hydrogens is 370 g/mol. The Balaban J connectivity index is 1.79. The molecule has 1 fully saturated rings. The highest BCUT2D eigenvalue weighted by atomic mass is 32.2. The molecule has 27 heavy (non-hydrogen) atoms. The zero-order chi connectivity index (χ0) is 19.6. The Kier molecular flexibility index (Phi) is 5.24. The summed E-state index contributed by atoms with van der Waals surface area (Å²) in [4.78, 5) is 23.1. The Hall–Kier alpha value is -2.78. The predicted octanol–water partition coefficient (Wildman–Crippen LogP) is 2.94. The molecule has 3 rings (SSSR count). The molecule has 1 aliphatic heterocycles. The summed E-state index contributed by atoms with van der Waals surface area (Å²) in [6.07, 6.45) is 1.70. The molecule has 0 atom stereocenters. The molecule has 0 bridgehead atoms. The molecular formula is C18H19N3O5S. The van der Waals surface area contributed by atoms with Crippen molar-refractivity contribution in [2.24, 2.45) is 0 Å². The topological polar surface area (TPSA) is 110 Å². The minimum absolute atomic E-state index is 0.0835. The molecule has 0 aliphatic carbocycles. The van der Waals surface area contributed by atoms with Crippen LogP contribution in [-0.4, -0.2) is 36.6 Å². The standard InChI is InChI=1S/C18H19N3O5S/c1-13-16(5-4-6-17(13)21(23)24)19-18(22)14-7-9-15(10-8-14)27(25,26)20-11-2-3-12-20/h4-10H,2-3,11-12H2,1H3,(H,19,22). The third-order valence-electron chi connectivity index (χ3n) is 4.57. The summed E-state index contributed by atoms with van der Waals surface area (Å²) < 4.78 is 26.5. The van der Waals surface area contributed by atoms with Crippen molar-refractivity contribution in [3.63, 3.8) is 0 Å². The Morgan fingerprint density at radius 1 is 1.11 bits per heavy atom. The summed E-state index contributed by atoms with van der Waals surface area (Å²) in [5.41, 5.74) is 0.869. The minimum Gasteiger partial charge on any atom is -0.321 e. The Labute approximate surface area is 157 Å². The average Bonchev–Trinajstić information content (AvgIpc) is 3.19. The van der Waals surface area contributed by atoms with Crippen molar-refractivity contribution in [2.75, 3.05) is 18.4 Å². The maximum absolute atomic E-state index is 12.5. The van der Waals surface area contributed by atoms with Gasteiger partial charge in [0, 0.05) is 24.7 Å². The summed E-state index contributed by atoms with van der Waals surface area (Å²) in [6.45, 7) is 2.58. The summed E-state index contributed by atoms with van der Waals surface area (Å²) in [6, 6.07) is 10.1. The van der Waals surface area contributed by atoms with Gasteiger partial charge in [-0.3, -0.25) is 14.9 Å². The minimum atomic E-state index is -3.54. The van der Waals surface area contributed by atoms with Crippen molar-refractivity contribution in [3.05, 3.63) is 63.7 Å². The van der Waals surface area contributed by atoms with Crippen LogP contribution >= 0.6 is 0 Å². The lowest BCUT2D eigenvalue weighted by Gasteiger charge is -2.15. The zero-order valence-electron chi connectivity index (χ0n) is 14.7. The number of amides is 1. The average molecular weight is 389 g/mol. The van der Waals surface area contributed by atoms with E-state index < -0.39 is 20.9 Å². The molecule has 1 heterocycles. The number of anilines is 1. The van der Waals surface area contributed by atoms with Gasteiger partial charge in [-0.1, -0.05) is 6.07 Å². The van der Waals surface area contributed by atoms with Crippen LogP contribution in [0.1, 0.15) is 28.8 Å². The molecule has 0 radical (unpaired) electrons. The van der Waals surface area contributed by atoms with E-state index in [1.54, 1.807) is 13.0 Å². The van der Waals surface area contributed by atoms with Gasteiger partial charge in [-0.05, 0) is 50.1 Å². The Morgan fingerprint density at radius 2 is 1.74 bits per heavy atom. The van der Waals surface area contributed by atoms with Gasteiger partial charge in [-0.2, -0.15) is 4.31 Å². The van der Waals surface area contributed by atoms with Gasteiger partial charge in [0.1, 0.15) is 0 Å². The number of sulfonamides is 1. The molecule has 0 aromatic heterocycles. The summed E-state index contributed by atoms with van der Waals surface area (Å²) >= 11 is 0. The van der Waals surface area contributed by atoms with Gasteiger partial charge in [-0.15, -0.1) is 0 Å². The van der Waals surface area contributed by atoms with Crippen LogP contribution in [0.15, 0.2) is 47.4 Å². The number of nitro groups is 1. The van der Waals surface area contributed by atoms with Crippen LogP contribution in [0, 0.1) is 17.0 Å². The van der Waals surface area contributed by atoms with Crippen molar-refractivity contribution in [2.45, 2.75) is 24.7 Å². The van der Waals surface area contributed by atoms with Crippen LogP contribution in [0.3, 0.4) is 0 Å². The van der Waals surface area contributed by atoms with E-state index in [1.807, 2.05) is 0 Å². The third-order valence-corrected chi connectivity index (χ3v) is 6.48. The second kappa shape index (κ2) is 7.45. The first-order valence-electron chi connectivity index (χ1n) is 8.46. The van der Waals surface area contributed by atoms with Crippen molar-refractivity contribution >= 4 is 27.3 Å². The normalized spacial score (nSPS) is 14.9. The summed E-state index contributed by atoms with van der Waals surface area (Å²) in [5.74, 6) is -0.469. The Morgan fingerprint density at radius 3 is 2.33 bits per heavy atom. The van der Waals surface area contributed by atoms with E-state index in [0.717, 1.165) is 12.8 Å². The second-order valence-corrected chi connectivity index (χ2v) is 8.23. The van der Waals surface area contributed by atoms with E-state index in [4.69, 9.17) is 0 Å². The first-order valence-corrected chi connectivity index (χ1v) is 9.90. The molecule has 8 nitrogen and oxygen atoms in total. The van der Waals surface area contributed by atoms with Crippen molar-refractivity contribution in [1.29, 1.82) is 0 Å². The van der Waals surface area contributed by atoms with Gasteiger partial charge in [0.15, 0.2) is 0 Å². The maximum atomic E-state index is 12.5. The molecule has 142 valence electrons. The molecule has 2 aromatic carbocycles. The molecule has 1 aliphatic rings. The number of hydrogen-bond acceptors (Lipinski definition) is 5. The predicted molar refractivity (Wildman–Crippen MR) is 100 cm³/mol. The number of carbonyl (C=O) groups is 1. The van der Waals surface area contributed by atoms with Crippen LogP contribution in [0.4, 0.5) is 11.4 Å². The van der Waals surface area contributed by atoms with Gasteiger partial charge >= 0.3 is 0 Å². The molecule has 2 aromatic rings. The van der Waals surface area contributed by atoms with Gasteiger partial charge in [0.05, 0.1) is 21.1 Å². The number of nitrogens with zero attached hydrogens (tertiary/aromatic N) is 2. The lowest BCUT2D eigenvalue weighted by atomic mass is 10.1. The van der Waals surface area contributed by atoms with E-state index in [9.17, 15) is 23.3 Å².